The maximum Gasteiger partial charge on any atom is 0.0615 e. The number of hydrogen-bond donors (Lipinski definition) is 0. The first-order valence-electron chi connectivity index (χ1n) is 8.23. The van der Waals surface area contributed by atoms with Crippen LogP contribution in [-0.4, -0.2) is 12.2 Å². The van der Waals surface area contributed by atoms with Crippen LogP contribution in [0, 0.1) is 35.5 Å². The standard InChI is InChI=1S/C17H30O/c1-10-5-7-14-11(2)6-8-15-12(3)13(4)18-16(9-10)17(14)15/h10-17H,5-9H2,1-4H3/t10?,11-,12?,13?,14?,15+,16?,17?/m1/s1. The number of hydrogen-bond acceptors (Lipinski definition) is 1. The minimum atomic E-state index is 0.482. The van der Waals surface area contributed by atoms with Crippen LogP contribution in [0.2, 0.25) is 0 Å². The van der Waals surface area contributed by atoms with Crippen LogP contribution in [0.3, 0.4) is 0 Å². The molecule has 0 bridgehead atoms. The first-order chi connectivity index (χ1) is 8.58. The zero-order valence-corrected chi connectivity index (χ0v) is 12.6. The fraction of sp³-hybridized carbons (Fsp3) is 1.00. The summed E-state index contributed by atoms with van der Waals surface area (Å²) in [4.78, 5) is 0. The van der Waals surface area contributed by atoms with E-state index in [1.807, 2.05) is 0 Å². The lowest BCUT2D eigenvalue weighted by Crippen LogP contribution is -2.51. The second-order valence-electron chi connectivity index (χ2n) is 7.62. The van der Waals surface area contributed by atoms with Crippen LogP contribution in [0.15, 0.2) is 0 Å². The average molecular weight is 250 g/mol. The molecule has 0 amide bonds. The van der Waals surface area contributed by atoms with Crippen molar-refractivity contribution in [3.05, 3.63) is 0 Å². The molecule has 18 heavy (non-hydrogen) atoms. The van der Waals surface area contributed by atoms with E-state index < -0.39 is 0 Å². The van der Waals surface area contributed by atoms with Crippen LogP contribution < -0.4 is 0 Å². The van der Waals surface area contributed by atoms with Gasteiger partial charge in [0.1, 0.15) is 0 Å². The van der Waals surface area contributed by atoms with Gasteiger partial charge in [0.15, 0.2) is 0 Å². The Hall–Kier alpha value is -0.0400. The Bertz CT molecular complexity index is 298. The summed E-state index contributed by atoms with van der Waals surface area (Å²) in [6, 6.07) is 0. The third kappa shape index (κ3) is 2.03. The van der Waals surface area contributed by atoms with E-state index in [9.17, 15) is 0 Å². The SMILES string of the molecule is CC1CCC2C3C(C1)OC(C)C(C)[C@@H]3CC[C@H]2C. The fourth-order valence-electron chi connectivity index (χ4n) is 5.24. The molecule has 0 aromatic carbocycles. The van der Waals surface area contributed by atoms with Crippen molar-refractivity contribution in [1.29, 1.82) is 0 Å². The molecule has 8 atom stereocenters. The Morgan fingerprint density at radius 3 is 2.33 bits per heavy atom. The average Bonchev–Trinajstić information content (AvgIpc) is 2.49. The first-order valence-corrected chi connectivity index (χ1v) is 8.23. The maximum absolute atomic E-state index is 6.44. The molecule has 2 aliphatic carbocycles. The summed E-state index contributed by atoms with van der Waals surface area (Å²) < 4.78 is 6.44. The van der Waals surface area contributed by atoms with Gasteiger partial charge < -0.3 is 4.74 Å². The Labute approximate surface area is 113 Å². The molecule has 3 aliphatic rings. The summed E-state index contributed by atoms with van der Waals surface area (Å²) in [6.07, 6.45) is 8.20. The zero-order chi connectivity index (χ0) is 12.9. The van der Waals surface area contributed by atoms with E-state index in [1.54, 1.807) is 0 Å². The maximum atomic E-state index is 6.44. The molecule has 0 aromatic rings. The third-order valence-corrected chi connectivity index (χ3v) is 6.54. The van der Waals surface area contributed by atoms with Crippen LogP contribution >= 0.6 is 0 Å². The van der Waals surface area contributed by atoms with Crippen molar-refractivity contribution in [1.82, 2.24) is 0 Å². The monoisotopic (exact) mass is 250 g/mol. The molecule has 1 heterocycles. The van der Waals surface area contributed by atoms with E-state index in [0.29, 0.717) is 12.2 Å². The van der Waals surface area contributed by atoms with E-state index in [4.69, 9.17) is 4.74 Å². The van der Waals surface area contributed by atoms with Crippen LogP contribution in [0.4, 0.5) is 0 Å². The van der Waals surface area contributed by atoms with E-state index in [0.717, 1.165) is 35.5 Å². The van der Waals surface area contributed by atoms with Crippen molar-refractivity contribution < 1.29 is 4.74 Å². The molecule has 6 unspecified atom stereocenters. The molecule has 2 saturated carbocycles. The molecule has 104 valence electrons. The van der Waals surface area contributed by atoms with Crippen molar-refractivity contribution in [2.45, 2.75) is 72.0 Å². The van der Waals surface area contributed by atoms with Gasteiger partial charge >= 0.3 is 0 Å². The van der Waals surface area contributed by atoms with Gasteiger partial charge in [-0.05, 0) is 61.7 Å². The van der Waals surface area contributed by atoms with Crippen molar-refractivity contribution >= 4 is 0 Å². The molecule has 3 rings (SSSR count). The quantitative estimate of drug-likeness (QED) is 0.614. The molecule has 0 aromatic heterocycles. The van der Waals surface area contributed by atoms with Crippen molar-refractivity contribution in [3.8, 4) is 0 Å². The van der Waals surface area contributed by atoms with E-state index in [2.05, 4.69) is 27.7 Å². The van der Waals surface area contributed by atoms with Crippen molar-refractivity contribution in [3.63, 3.8) is 0 Å². The largest absolute Gasteiger partial charge is 0.375 e. The van der Waals surface area contributed by atoms with Gasteiger partial charge in [0.2, 0.25) is 0 Å². The van der Waals surface area contributed by atoms with Gasteiger partial charge in [0.25, 0.3) is 0 Å². The normalized spacial score (nSPS) is 56.7. The summed E-state index contributed by atoms with van der Waals surface area (Å²) in [5.74, 6) is 5.36. The summed E-state index contributed by atoms with van der Waals surface area (Å²) in [6.45, 7) is 9.68. The van der Waals surface area contributed by atoms with Gasteiger partial charge in [-0.25, -0.2) is 0 Å². The summed E-state index contributed by atoms with van der Waals surface area (Å²) >= 11 is 0. The Kier molecular flexibility index (Phi) is 3.47. The molecule has 1 aliphatic heterocycles. The molecule has 1 nitrogen and oxygen atoms in total. The summed E-state index contributed by atoms with van der Waals surface area (Å²) in [5.41, 5.74) is 0. The summed E-state index contributed by atoms with van der Waals surface area (Å²) in [5, 5.41) is 0. The lowest BCUT2D eigenvalue weighted by atomic mass is 9.59. The van der Waals surface area contributed by atoms with E-state index >= 15 is 0 Å². The predicted octanol–water partition coefficient (Wildman–Crippen LogP) is 4.51. The van der Waals surface area contributed by atoms with Crippen molar-refractivity contribution in [2.75, 3.05) is 0 Å². The predicted molar refractivity (Wildman–Crippen MR) is 75.4 cm³/mol. The van der Waals surface area contributed by atoms with Gasteiger partial charge in [-0.15, -0.1) is 0 Å². The topological polar surface area (TPSA) is 9.23 Å². The zero-order valence-electron chi connectivity index (χ0n) is 12.6. The highest BCUT2D eigenvalue weighted by Crippen LogP contribution is 2.53. The Morgan fingerprint density at radius 1 is 0.833 bits per heavy atom. The smallest absolute Gasteiger partial charge is 0.0615 e. The minimum Gasteiger partial charge on any atom is -0.375 e. The van der Waals surface area contributed by atoms with Gasteiger partial charge in [-0.1, -0.05) is 33.6 Å². The lowest BCUT2D eigenvalue weighted by Gasteiger charge is -2.52. The van der Waals surface area contributed by atoms with Crippen LogP contribution in [0.25, 0.3) is 0 Å². The molecule has 1 saturated heterocycles. The molecule has 1 heteroatoms. The highest BCUT2D eigenvalue weighted by atomic mass is 16.5. The van der Waals surface area contributed by atoms with Crippen LogP contribution in [0.5, 0.6) is 0 Å². The third-order valence-electron chi connectivity index (χ3n) is 6.54. The molecular weight excluding hydrogens is 220 g/mol. The van der Waals surface area contributed by atoms with E-state index in [1.165, 1.54) is 32.1 Å². The first kappa shape index (κ1) is 13.0. The van der Waals surface area contributed by atoms with Gasteiger partial charge in [0, 0.05) is 0 Å². The molecule has 0 radical (unpaired) electrons. The van der Waals surface area contributed by atoms with Crippen molar-refractivity contribution in [2.24, 2.45) is 35.5 Å². The molecule has 3 fully saturated rings. The highest BCUT2D eigenvalue weighted by Gasteiger charge is 2.50. The van der Waals surface area contributed by atoms with Gasteiger partial charge in [-0.3, -0.25) is 0 Å². The van der Waals surface area contributed by atoms with E-state index in [-0.39, 0.29) is 0 Å². The molecule has 0 spiro atoms. The minimum absolute atomic E-state index is 0.482. The second kappa shape index (κ2) is 4.81. The molecular formula is C17H30O. The van der Waals surface area contributed by atoms with Crippen LogP contribution in [-0.2, 0) is 4.74 Å². The number of ether oxygens (including phenoxy) is 1. The second-order valence-corrected chi connectivity index (χ2v) is 7.62. The van der Waals surface area contributed by atoms with Crippen LogP contribution in [0.1, 0.15) is 59.8 Å². The highest BCUT2D eigenvalue weighted by molar-refractivity contribution is 4.98. The van der Waals surface area contributed by atoms with Gasteiger partial charge in [-0.2, -0.15) is 0 Å². The van der Waals surface area contributed by atoms with Gasteiger partial charge in [0.05, 0.1) is 12.2 Å². The number of rotatable bonds is 0. The fourth-order valence-corrected chi connectivity index (χ4v) is 5.24. The lowest BCUT2D eigenvalue weighted by molar-refractivity contribution is -0.168. The Balaban J connectivity index is 1.90. The molecule has 0 N–H and O–H groups in total. The summed E-state index contributed by atoms with van der Waals surface area (Å²) in [7, 11) is 0. The Morgan fingerprint density at radius 2 is 1.56 bits per heavy atom.